The zero-order valence-electron chi connectivity index (χ0n) is 23.1. The molecule has 0 saturated carbocycles. The van der Waals surface area contributed by atoms with Crippen LogP contribution in [0.1, 0.15) is 32.6 Å². The smallest absolute Gasteiger partial charge is 0.244 e. The standard InChI is InChI=1S/C29H37N3O7S2/c1-2-14-40(34,35)26-8-5-7-25(16-26)38-21-24(33)18-30-23-17-29(39-20-23)10-12-32(13-11-29)41(36,37)27-15-22-6-3-4-9-28(22)31-19-27/h3-9,15-16,19,23-24,30,33H,2,10-14,17-18,20-21H2,1H3/t23-,24?/m1/s1. The minimum atomic E-state index is -3.66. The summed E-state index contributed by atoms with van der Waals surface area (Å²) in [6.07, 6.45) is 3.06. The van der Waals surface area contributed by atoms with Crippen LogP contribution in [0.2, 0.25) is 0 Å². The molecular formula is C29H37N3O7S2. The number of hydrogen-bond donors (Lipinski definition) is 2. The van der Waals surface area contributed by atoms with Crippen LogP contribution in [0.5, 0.6) is 5.75 Å². The van der Waals surface area contributed by atoms with Crippen LogP contribution in [-0.4, -0.2) is 87.6 Å². The molecule has 0 bridgehead atoms. The quantitative estimate of drug-likeness (QED) is 0.339. The Kier molecular flexibility index (Phi) is 8.98. The zero-order valence-corrected chi connectivity index (χ0v) is 24.7. The third-order valence-corrected chi connectivity index (χ3v) is 11.5. The molecule has 2 fully saturated rings. The van der Waals surface area contributed by atoms with E-state index < -0.39 is 31.6 Å². The van der Waals surface area contributed by atoms with Gasteiger partial charge < -0.3 is 19.9 Å². The highest BCUT2D eigenvalue weighted by molar-refractivity contribution is 7.91. The molecule has 10 nitrogen and oxygen atoms in total. The number of sulfone groups is 1. The predicted molar refractivity (Wildman–Crippen MR) is 155 cm³/mol. The lowest BCUT2D eigenvalue weighted by atomic mass is 9.88. The highest BCUT2D eigenvalue weighted by atomic mass is 32.2. The first-order chi connectivity index (χ1) is 19.6. The van der Waals surface area contributed by atoms with Crippen LogP contribution in [0.3, 0.4) is 0 Å². The molecule has 41 heavy (non-hydrogen) atoms. The number of aliphatic hydroxyl groups excluding tert-OH is 1. The predicted octanol–water partition coefficient (Wildman–Crippen LogP) is 2.76. The number of nitrogens with one attached hydrogen (secondary N) is 1. The largest absolute Gasteiger partial charge is 0.491 e. The van der Waals surface area contributed by atoms with Gasteiger partial charge in [-0.1, -0.05) is 31.2 Å². The van der Waals surface area contributed by atoms with Gasteiger partial charge in [-0.15, -0.1) is 0 Å². The molecule has 12 heteroatoms. The maximum atomic E-state index is 13.3. The van der Waals surface area contributed by atoms with E-state index in [-0.39, 0.29) is 34.7 Å². The fourth-order valence-electron chi connectivity index (χ4n) is 5.50. The van der Waals surface area contributed by atoms with Crippen molar-refractivity contribution in [3.63, 3.8) is 0 Å². The van der Waals surface area contributed by atoms with Crippen molar-refractivity contribution in [1.29, 1.82) is 0 Å². The number of aliphatic hydroxyl groups is 1. The molecule has 3 aromatic rings. The Morgan fingerprint density at radius 3 is 2.66 bits per heavy atom. The van der Waals surface area contributed by atoms with E-state index in [1.807, 2.05) is 31.2 Å². The number of rotatable bonds is 11. The Hall–Kier alpha value is -2.61. The molecular weight excluding hydrogens is 566 g/mol. The lowest BCUT2D eigenvalue weighted by Gasteiger charge is -2.38. The van der Waals surface area contributed by atoms with Gasteiger partial charge in [0.05, 0.1) is 28.4 Å². The van der Waals surface area contributed by atoms with E-state index in [4.69, 9.17) is 9.47 Å². The molecule has 2 N–H and O–H groups in total. The average Bonchev–Trinajstić information content (AvgIpc) is 3.37. The Bertz CT molecular complexity index is 1570. The van der Waals surface area contributed by atoms with E-state index in [0.29, 0.717) is 44.7 Å². The second-order valence-electron chi connectivity index (χ2n) is 10.8. The highest BCUT2D eigenvalue weighted by Gasteiger charge is 2.44. The van der Waals surface area contributed by atoms with Gasteiger partial charge in [-0.2, -0.15) is 4.31 Å². The number of nitrogens with zero attached hydrogens (tertiary/aromatic N) is 2. The molecule has 2 aromatic carbocycles. The number of pyridine rings is 1. The fourth-order valence-corrected chi connectivity index (χ4v) is 8.27. The summed E-state index contributed by atoms with van der Waals surface area (Å²) in [6, 6.07) is 15.5. The molecule has 2 atom stereocenters. The molecule has 0 radical (unpaired) electrons. The number of benzene rings is 2. The van der Waals surface area contributed by atoms with Gasteiger partial charge in [0.1, 0.15) is 23.4 Å². The molecule has 2 aliphatic heterocycles. The Balaban J connectivity index is 1.09. The van der Waals surface area contributed by atoms with Crippen LogP contribution in [0.15, 0.2) is 70.6 Å². The first-order valence-electron chi connectivity index (χ1n) is 14.0. The van der Waals surface area contributed by atoms with Crippen LogP contribution in [0, 0.1) is 0 Å². The van der Waals surface area contributed by atoms with E-state index in [1.54, 1.807) is 24.3 Å². The SMILES string of the molecule is CCCS(=O)(=O)c1cccc(OCC(O)CN[C@H]2COC3(CCN(S(=O)(=O)c4cnc5ccccc5c4)CC3)C2)c1. The van der Waals surface area contributed by atoms with Crippen molar-refractivity contribution in [2.45, 2.75) is 60.1 Å². The van der Waals surface area contributed by atoms with Crippen molar-refractivity contribution in [2.75, 3.05) is 38.6 Å². The summed E-state index contributed by atoms with van der Waals surface area (Å²) in [5, 5.41) is 14.6. The molecule has 3 heterocycles. The van der Waals surface area contributed by atoms with Crippen LogP contribution in [0.4, 0.5) is 0 Å². The van der Waals surface area contributed by atoms with Crippen molar-refractivity contribution in [1.82, 2.24) is 14.6 Å². The van der Waals surface area contributed by atoms with Crippen molar-refractivity contribution in [2.24, 2.45) is 0 Å². The third kappa shape index (κ3) is 6.90. The molecule has 1 unspecified atom stereocenters. The Morgan fingerprint density at radius 1 is 1.10 bits per heavy atom. The highest BCUT2D eigenvalue weighted by Crippen LogP contribution is 2.37. The van der Waals surface area contributed by atoms with Gasteiger partial charge in [0.15, 0.2) is 9.84 Å². The van der Waals surface area contributed by atoms with E-state index in [1.165, 1.54) is 16.6 Å². The monoisotopic (exact) mass is 603 g/mol. The van der Waals surface area contributed by atoms with Crippen LogP contribution >= 0.6 is 0 Å². The number of sulfonamides is 1. The third-order valence-electron chi connectivity index (χ3n) is 7.77. The normalized spacial score (nSPS) is 20.4. The summed E-state index contributed by atoms with van der Waals surface area (Å²) in [7, 11) is -7.01. The molecule has 0 amide bonds. The summed E-state index contributed by atoms with van der Waals surface area (Å²) in [5.74, 6) is 0.467. The summed E-state index contributed by atoms with van der Waals surface area (Å²) >= 11 is 0. The topological polar surface area (TPSA) is 135 Å². The Labute approximate surface area is 241 Å². The van der Waals surface area contributed by atoms with E-state index in [2.05, 4.69) is 10.3 Å². The molecule has 1 spiro atoms. The van der Waals surface area contributed by atoms with Gasteiger partial charge >= 0.3 is 0 Å². The Morgan fingerprint density at radius 2 is 1.88 bits per heavy atom. The van der Waals surface area contributed by atoms with Gasteiger partial charge in [0.25, 0.3) is 0 Å². The lowest BCUT2D eigenvalue weighted by molar-refractivity contribution is -0.0312. The van der Waals surface area contributed by atoms with Crippen molar-refractivity contribution in [3.05, 3.63) is 60.8 Å². The van der Waals surface area contributed by atoms with Gasteiger partial charge in [-0.25, -0.2) is 16.8 Å². The van der Waals surface area contributed by atoms with Crippen LogP contribution in [0.25, 0.3) is 10.9 Å². The zero-order chi connectivity index (χ0) is 29.1. The van der Waals surface area contributed by atoms with Gasteiger partial charge in [0.2, 0.25) is 10.0 Å². The fraction of sp³-hybridized carbons (Fsp3) is 0.483. The number of fused-ring (bicyclic) bond motifs is 1. The minimum Gasteiger partial charge on any atom is -0.491 e. The summed E-state index contributed by atoms with van der Waals surface area (Å²) in [5.41, 5.74) is 0.364. The summed E-state index contributed by atoms with van der Waals surface area (Å²) in [6.45, 7) is 3.33. The second-order valence-corrected chi connectivity index (χ2v) is 14.9. The lowest BCUT2D eigenvalue weighted by Crippen LogP contribution is -2.47. The maximum Gasteiger partial charge on any atom is 0.244 e. The van der Waals surface area contributed by atoms with E-state index in [0.717, 1.165) is 17.3 Å². The van der Waals surface area contributed by atoms with Crippen molar-refractivity contribution in [3.8, 4) is 5.75 Å². The maximum absolute atomic E-state index is 13.3. The number of para-hydroxylation sites is 1. The van der Waals surface area contributed by atoms with Gasteiger partial charge in [-0.3, -0.25) is 4.98 Å². The van der Waals surface area contributed by atoms with Gasteiger partial charge in [0, 0.05) is 37.3 Å². The van der Waals surface area contributed by atoms with Crippen LogP contribution < -0.4 is 10.1 Å². The van der Waals surface area contributed by atoms with E-state index in [9.17, 15) is 21.9 Å². The first-order valence-corrected chi connectivity index (χ1v) is 17.1. The summed E-state index contributed by atoms with van der Waals surface area (Å²) < 4.78 is 64.6. The van der Waals surface area contributed by atoms with Crippen LogP contribution in [-0.2, 0) is 24.6 Å². The number of aromatic nitrogens is 1. The molecule has 1 aromatic heterocycles. The number of piperidine rings is 1. The average molecular weight is 604 g/mol. The molecule has 2 saturated heterocycles. The molecule has 222 valence electrons. The second kappa shape index (κ2) is 12.3. The first kappa shape index (κ1) is 29.9. The molecule has 5 rings (SSSR count). The molecule has 0 aliphatic carbocycles. The summed E-state index contributed by atoms with van der Waals surface area (Å²) in [4.78, 5) is 4.73. The van der Waals surface area contributed by atoms with E-state index >= 15 is 0 Å². The van der Waals surface area contributed by atoms with Crippen molar-refractivity contribution < 1.29 is 31.4 Å². The van der Waals surface area contributed by atoms with Crippen molar-refractivity contribution >= 4 is 30.8 Å². The molecule has 2 aliphatic rings. The number of ether oxygens (including phenoxy) is 2. The van der Waals surface area contributed by atoms with Gasteiger partial charge in [-0.05, 0) is 56.0 Å². The number of hydrogen-bond acceptors (Lipinski definition) is 9. The minimum absolute atomic E-state index is 0.0133.